The molecule has 2 amide bonds. The summed E-state index contributed by atoms with van der Waals surface area (Å²) < 4.78 is 13.0. The van der Waals surface area contributed by atoms with Gasteiger partial charge in [0.1, 0.15) is 5.82 Å². The van der Waals surface area contributed by atoms with Crippen LogP contribution in [0.15, 0.2) is 52.4 Å². The molecule has 3 N–H and O–H groups in total. The Kier molecular flexibility index (Phi) is 6.81. The Morgan fingerprint density at radius 2 is 1.81 bits per heavy atom. The summed E-state index contributed by atoms with van der Waals surface area (Å²) in [6.45, 7) is 4.83. The predicted octanol–water partition coefficient (Wildman–Crippen LogP) is 3.36. The Hall–Kier alpha value is -3.53. The van der Waals surface area contributed by atoms with Crippen molar-refractivity contribution in [1.29, 1.82) is 0 Å². The predicted molar refractivity (Wildman–Crippen MR) is 117 cm³/mol. The number of anilines is 2. The third-order valence-corrected chi connectivity index (χ3v) is 5.25. The van der Waals surface area contributed by atoms with Gasteiger partial charge < -0.3 is 10.6 Å². The standard InChI is InChI=1S/C21H20FN5O3S/c1-11-5-4-6-16(17(11)23-13(3)28)18-20(30)25-21(27-26-18)31-12(2)19(29)24-15-9-7-14(22)8-10-15/h4-10,12H,1-3H3,(H,23,28)(H,24,29)(H,25,27,30)/t12-/m1/s1. The average molecular weight is 441 g/mol. The maximum Gasteiger partial charge on any atom is 0.278 e. The molecule has 1 heterocycles. The third kappa shape index (κ3) is 5.54. The Morgan fingerprint density at radius 3 is 2.45 bits per heavy atom. The van der Waals surface area contributed by atoms with Crippen LogP contribution in [0.25, 0.3) is 11.3 Å². The van der Waals surface area contributed by atoms with Gasteiger partial charge >= 0.3 is 0 Å². The molecule has 0 fully saturated rings. The summed E-state index contributed by atoms with van der Waals surface area (Å²) in [7, 11) is 0. The van der Waals surface area contributed by atoms with Gasteiger partial charge in [0.05, 0.1) is 10.9 Å². The van der Waals surface area contributed by atoms with Gasteiger partial charge in [0.25, 0.3) is 5.56 Å². The number of nitrogens with one attached hydrogen (secondary N) is 3. The first-order chi connectivity index (χ1) is 14.7. The summed E-state index contributed by atoms with van der Waals surface area (Å²) in [5.41, 5.74) is 1.73. The summed E-state index contributed by atoms with van der Waals surface area (Å²) in [6, 6.07) is 10.6. The molecule has 1 atom stereocenters. The van der Waals surface area contributed by atoms with Crippen LogP contribution in [0, 0.1) is 12.7 Å². The van der Waals surface area contributed by atoms with E-state index in [9.17, 15) is 18.8 Å². The number of amides is 2. The minimum Gasteiger partial charge on any atom is -0.325 e. The topological polar surface area (TPSA) is 117 Å². The molecule has 8 nitrogen and oxygen atoms in total. The van der Waals surface area contributed by atoms with Crippen molar-refractivity contribution in [3.8, 4) is 11.3 Å². The number of benzene rings is 2. The van der Waals surface area contributed by atoms with Gasteiger partial charge in [0, 0.05) is 18.2 Å². The van der Waals surface area contributed by atoms with Crippen LogP contribution in [-0.4, -0.2) is 32.2 Å². The number of aromatic amines is 1. The molecule has 0 aliphatic heterocycles. The van der Waals surface area contributed by atoms with Crippen molar-refractivity contribution in [3.63, 3.8) is 0 Å². The number of rotatable bonds is 6. The fourth-order valence-electron chi connectivity index (χ4n) is 2.76. The van der Waals surface area contributed by atoms with E-state index in [1.807, 2.05) is 13.0 Å². The quantitative estimate of drug-likeness (QED) is 0.505. The van der Waals surface area contributed by atoms with E-state index in [0.717, 1.165) is 17.3 Å². The maximum absolute atomic E-state index is 13.0. The molecule has 0 bridgehead atoms. The smallest absolute Gasteiger partial charge is 0.278 e. The van der Waals surface area contributed by atoms with Crippen molar-refractivity contribution in [3.05, 3.63) is 64.2 Å². The lowest BCUT2D eigenvalue weighted by atomic mass is 10.1. The lowest BCUT2D eigenvalue weighted by Gasteiger charge is -2.13. The largest absolute Gasteiger partial charge is 0.325 e. The molecule has 0 aliphatic carbocycles. The second-order valence-electron chi connectivity index (χ2n) is 6.74. The normalized spacial score (nSPS) is 11.6. The second kappa shape index (κ2) is 9.52. The molecule has 2 aromatic carbocycles. The molecular weight excluding hydrogens is 421 g/mol. The molecule has 31 heavy (non-hydrogen) atoms. The number of carbonyl (C=O) groups excluding carboxylic acids is 2. The number of hydrogen-bond donors (Lipinski definition) is 3. The van der Waals surface area contributed by atoms with Crippen molar-refractivity contribution in [2.75, 3.05) is 10.6 Å². The number of halogens is 1. The molecular formula is C21H20FN5O3S. The van der Waals surface area contributed by atoms with E-state index in [-0.39, 0.29) is 22.7 Å². The van der Waals surface area contributed by atoms with Gasteiger partial charge in [-0.25, -0.2) is 4.39 Å². The number of carbonyl (C=O) groups is 2. The molecule has 0 saturated carbocycles. The molecule has 0 aliphatic rings. The SMILES string of the molecule is CC(=O)Nc1c(C)cccc1-c1nnc(S[C@H](C)C(=O)Nc2ccc(F)cc2)[nH]c1=O. The molecule has 0 spiro atoms. The van der Waals surface area contributed by atoms with Crippen LogP contribution in [-0.2, 0) is 9.59 Å². The summed E-state index contributed by atoms with van der Waals surface area (Å²) in [5.74, 6) is -1.01. The molecule has 3 aromatic rings. The molecule has 0 unspecified atom stereocenters. The summed E-state index contributed by atoms with van der Waals surface area (Å²) >= 11 is 1.03. The van der Waals surface area contributed by atoms with Gasteiger partial charge in [-0.1, -0.05) is 30.0 Å². The zero-order chi connectivity index (χ0) is 22.5. The zero-order valence-electron chi connectivity index (χ0n) is 17.0. The summed E-state index contributed by atoms with van der Waals surface area (Å²) in [6.07, 6.45) is 0. The Labute approximate surface area is 181 Å². The number of H-pyrrole nitrogens is 1. The first-order valence-electron chi connectivity index (χ1n) is 9.32. The Bertz CT molecular complexity index is 1180. The Balaban J connectivity index is 1.78. The first-order valence-corrected chi connectivity index (χ1v) is 10.2. The first kappa shape index (κ1) is 22.2. The second-order valence-corrected chi connectivity index (χ2v) is 8.07. The van der Waals surface area contributed by atoms with Gasteiger partial charge in [-0.3, -0.25) is 19.4 Å². The minimum atomic E-state index is -0.602. The van der Waals surface area contributed by atoms with Crippen LogP contribution in [0.4, 0.5) is 15.8 Å². The average Bonchev–Trinajstić information content (AvgIpc) is 2.71. The highest BCUT2D eigenvalue weighted by Crippen LogP contribution is 2.28. The molecule has 3 rings (SSSR count). The van der Waals surface area contributed by atoms with E-state index in [1.54, 1.807) is 19.1 Å². The van der Waals surface area contributed by atoms with E-state index >= 15 is 0 Å². The van der Waals surface area contributed by atoms with E-state index in [0.29, 0.717) is 16.9 Å². The van der Waals surface area contributed by atoms with E-state index < -0.39 is 16.6 Å². The van der Waals surface area contributed by atoms with Gasteiger partial charge in [-0.15, -0.1) is 10.2 Å². The molecule has 160 valence electrons. The van der Waals surface area contributed by atoms with Crippen molar-refractivity contribution in [2.45, 2.75) is 31.2 Å². The van der Waals surface area contributed by atoms with Crippen molar-refractivity contribution in [1.82, 2.24) is 15.2 Å². The van der Waals surface area contributed by atoms with Gasteiger partial charge in [-0.2, -0.15) is 0 Å². The Morgan fingerprint density at radius 1 is 1.10 bits per heavy atom. The van der Waals surface area contributed by atoms with Crippen molar-refractivity contribution < 1.29 is 14.0 Å². The third-order valence-electron chi connectivity index (χ3n) is 4.27. The molecule has 0 saturated heterocycles. The lowest BCUT2D eigenvalue weighted by Crippen LogP contribution is -2.23. The van der Waals surface area contributed by atoms with Crippen LogP contribution < -0.4 is 16.2 Å². The summed E-state index contributed by atoms with van der Waals surface area (Å²) in [5, 5.41) is 13.0. The minimum absolute atomic E-state index is 0.0558. The number of aryl methyl sites for hydroxylation is 1. The van der Waals surface area contributed by atoms with Gasteiger partial charge in [0.2, 0.25) is 11.8 Å². The van der Waals surface area contributed by atoms with Crippen LogP contribution in [0.1, 0.15) is 19.4 Å². The van der Waals surface area contributed by atoms with Crippen molar-refractivity contribution >= 4 is 35.0 Å². The van der Waals surface area contributed by atoms with Gasteiger partial charge in [0.15, 0.2) is 10.9 Å². The van der Waals surface area contributed by atoms with Crippen LogP contribution >= 0.6 is 11.8 Å². The fourth-order valence-corrected chi connectivity index (χ4v) is 3.50. The number of thioether (sulfide) groups is 1. The molecule has 10 heteroatoms. The van der Waals surface area contributed by atoms with E-state index in [1.165, 1.54) is 31.2 Å². The van der Waals surface area contributed by atoms with Gasteiger partial charge in [-0.05, 0) is 43.7 Å². The highest BCUT2D eigenvalue weighted by atomic mass is 32.2. The lowest BCUT2D eigenvalue weighted by molar-refractivity contribution is -0.115. The zero-order valence-corrected chi connectivity index (χ0v) is 17.8. The molecule has 1 aromatic heterocycles. The summed E-state index contributed by atoms with van der Waals surface area (Å²) in [4.78, 5) is 39.1. The number of aromatic nitrogens is 3. The van der Waals surface area contributed by atoms with Crippen molar-refractivity contribution in [2.24, 2.45) is 0 Å². The van der Waals surface area contributed by atoms with E-state index in [2.05, 4.69) is 25.8 Å². The highest BCUT2D eigenvalue weighted by molar-refractivity contribution is 8.00. The number of hydrogen-bond acceptors (Lipinski definition) is 6. The fraction of sp³-hybridized carbons (Fsp3) is 0.190. The maximum atomic E-state index is 13.0. The highest BCUT2D eigenvalue weighted by Gasteiger charge is 2.19. The molecule has 0 radical (unpaired) electrons. The van der Waals surface area contributed by atoms with Crippen LogP contribution in [0.3, 0.4) is 0 Å². The number of nitrogens with zero attached hydrogens (tertiary/aromatic N) is 2. The van der Waals surface area contributed by atoms with Crippen LogP contribution in [0.5, 0.6) is 0 Å². The number of para-hydroxylation sites is 1. The van der Waals surface area contributed by atoms with Crippen LogP contribution in [0.2, 0.25) is 0 Å². The van der Waals surface area contributed by atoms with E-state index in [4.69, 9.17) is 0 Å². The monoisotopic (exact) mass is 441 g/mol.